The fraction of sp³-hybridized carbons (Fsp3) is 0. The summed E-state index contributed by atoms with van der Waals surface area (Å²) in [5.74, 6) is -0.949. The Kier molecular flexibility index (Phi) is 2.69. The Morgan fingerprint density at radius 1 is 1.00 bits per heavy atom. The number of hydrogen-bond donors (Lipinski definition) is 2. The van der Waals surface area contributed by atoms with Crippen molar-refractivity contribution in [1.29, 1.82) is 0 Å². The molecular weight excluding hydrogens is 276 g/mol. The number of rotatable bonds is 2. The molecule has 2 heterocycles. The number of pyridine rings is 1. The van der Waals surface area contributed by atoms with Crippen LogP contribution in [0, 0.1) is 0 Å². The van der Waals surface area contributed by atoms with Gasteiger partial charge in [-0.3, -0.25) is 0 Å². The van der Waals surface area contributed by atoms with Crippen LogP contribution in [0.2, 0.25) is 0 Å². The number of hydrogen-bond acceptors (Lipinski definition) is 2. The maximum Gasteiger partial charge on any atom is 0.336 e. The molecule has 0 bridgehead atoms. The second-order valence-corrected chi connectivity index (χ2v) is 5.16. The predicted molar refractivity (Wildman–Crippen MR) is 86.0 cm³/mol. The fourth-order valence-electron chi connectivity index (χ4n) is 2.72. The van der Waals surface area contributed by atoms with Crippen LogP contribution in [0.1, 0.15) is 10.4 Å². The zero-order chi connectivity index (χ0) is 15.1. The molecule has 0 radical (unpaired) electrons. The van der Waals surface area contributed by atoms with Gasteiger partial charge >= 0.3 is 5.97 Å². The summed E-state index contributed by atoms with van der Waals surface area (Å²) in [5.41, 5.74) is 2.38. The molecule has 2 aromatic heterocycles. The maximum absolute atomic E-state index is 11.6. The van der Waals surface area contributed by atoms with E-state index < -0.39 is 5.97 Å². The van der Waals surface area contributed by atoms with Crippen LogP contribution in [0.5, 0.6) is 0 Å². The van der Waals surface area contributed by atoms with Crippen LogP contribution in [0.3, 0.4) is 0 Å². The van der Waals surface area contributed by atoms with Gasteiger partial charge in [0.25, 0.3) is 0 Å². The second-order valence-electron chi connectivity index (χ2n) is 5.16. The largest absolute Gasteiger partial charge is 0.478 e. The average Bonchev–Trinajstić information content (AvgIpc) is 3.06. The molecule has 0 aliphatic heterocycles. The van der Waals surface area contributed by atoms with E-state index in [9.17, 15) is 9.90 Å². The van der Waals surface area contributed by atoms with Crippen LogP contribution >= 0.6 is 0 Å². The highest BCUT2D eigenvalue weighted by atomic mass is 16.4. The molecule has 22 heavy (non-hydrogen) atoms. The van der Waals surface area contributed by atoms with Crippen LogP contribution in [0.4, 0.5) is 0 Å². The van der Waals surface area contributed by atoms with E-state index in [-0.39, 0.29) is 5.56 Å². The normalized spacial score (nSPS) is 11.1. The number of benzene rings is 2. The number of H-pyrrole nitrogens is 1. The van der Waals surface area contributed by atoms with Gasteiger partial charge in [-0.1, -0.05) is 24.3 Å². The van der Waals surface area contributed by atoms with E-state index in [1.54, 1.807) is 12.3 Å². The number of aromatic nitrogens is 2. The van der Waals surface area contributed by atoms with Crippen molar-refractivity contribution < 1.29 is 9.90 Å². The van der Waals surface area contributed by atoms with Gasteiger partial charge in [0.05, 0.1) is 22.5 Å². The SMILES string of the molecule is O=C(O)c1cc(-c2ccc[nH]2)nc2cc3ccccc3cc12. The lowest BCUT2D eigenvalue weighted by atomic mass is 10.0. The molecule has 0 unspecified atom stereocenters. The molecule has 0 spiro atoms. The average molecular weight is 288 g/mol. The lowest BCUT2D eigenvalue weighted by molar-refractivity contribution is 0.0699. The van der Waals surface area contributed by atoms with Crippen LogP contribution in [0.15, 0.2) is 60.8 Å². The summed E-state index contributed by atoms with van der Waals surface area (Å²) < 4.78 is 0. The number of carbonyl (C=O) groups is 1. The van der Waals surface area contributed by atoms with Gasteiger partial charge in [0, 0.05) is 11.6 Å². The molecule has 0 saturated heterocycles. The Hall–Kier alpha value is -3.14. The molecule has 4 rings (SSSR count). The third kappa shape index (κ3) is 1.93. The first-order valence-electron chi connectivity index (χ1n) is 6.93. The van der Waals surface area contributed by atoms with E-state index in [1.165, 1.54) is 0 Å². The van der Waals surface area contributed by atoms with Crippen LogP contribution in [0.25, 0.3) is 33.1 Å². The van der Waals surface area contributed by atoms with Gasteiger partial charge in [0.15, 0.2) is 0 Å². The summed E-state index contributed by atoms with van der Waals surface area (Å²) in [6.07, 6.45) is 1.79. The highest BCUT2D eigenvalue weighted by Crippen LogP contribution is 2.28. The lowest BCUT2D eigenvalue weighted by Gasteiger charge is -2.08. The Morgan fingerprint density at radius 3 is 2.45 bits per heavy atom. The quantitative estimate of drug-likeness (QED) is 0.546. The van der Waals surface area contributed by atoms with E-state index in [2.05, 4.69) is 9.97 Å². The molecule has 0 atom stereocenters. The summed E-state index contributed by atoms with van der Waals surface area (Å²) in [5, 5.41) is 12.2. The molecule has 0 aliphatic rings. The molecule has 0 fully saturated rings. The molecule has 4 heteroatoms. The van der Waals surface area contributed by atoms with Gasteiger partial charge in [0.1, 0.15) is 0 Å². The van der Waals surface area contributed by atoms with Crippen LogP contribution < -0.4 is 0 Å². The van der Waals surface area contributed by atoms with Crippen LogP contribution in [-0.4, -0.2) is 21.0 Å². The Bertz CT molecular complexity index is 1000. The number of fused-ring (bicyclic) bond motifs is 2. The number of nitrogens with one attached hydrogen (secondary N) is 1. The third-order valence-electron chi connectivity index (χ3n) is 3.78. The van der Waals surface area contributed by atoms with Gasteiger partial charge in [-0.25, -0.2) is 9.78 Å². The standard InChI is InChI=1S/C18H12N2O2/c21-18(22)14-10-17(15-6-3-7-19-15)20-16-9-12-5-2-1-4-11(12)8-13(14)16/h1-10,19H,(H,21,22). The minimum Gasteiger partial charge on any atom is -0.478 e. The van der Waals surface area contributed by atoms with Gasteiger partial charge < -0.3 is 10.1 Å². The first kappa shape index (κ1) is 12.6. The monoisotopic (exact) mass is 288 g/mol. The molecule has 2 aromatic carbocycles. The summed E-state index contributed by atoms with van der Waals surface area (Å²) in [7, 11) is 0. The zero-order valence-electron chi connectivity index (χ0n) is 11.6. The second kappa shape index (κ2) is 4.70. The highest BCUT2D eigenvalue weighted by Gasteiger charge is 2.14. The number of nitrogens with zero attached hydrogens (tertiary/aromatic N) is 1. The van der Waals surface area contributed by atoms with Crippen molar-refractivity contribution in [2.45, 2.75) is 0 Å². The zero-order valence-corrected chi connectivity index (χ0v) is 11.6. The fourth-order valence-corrected chi connectivity index (χ4v) is 2.72. The molecule has 0 saturated carbocycles. The number of carboxylic acids is 1. The van der Waals surface area contributed by atoms with Gasteiger partial charge in [0.2, 0.25) is 0 Å². The first-order valence-corrected chi connectivity index (χ1v) is 6.93. The summed E-state index contributed by atoms with van der Waals surface area (Å²) >= 11 is 0. The lowest BCUT2D eigenvalue weighted by Crippen LogP contribution is -2.00. The van der Waals surface area contributed by atoms with Crippen molar-refractivity contribution in [3.05, 3.63) is 66.4 Å². The number of carboxylic acid groups (broad SMARTS) is 1. The van der Waals surface area contributed by atoms with Crippen molar-refractivity contribution in [2.75, 3.05) is 0 Å². The van der Waals surface area contributed by atoms with Gasteiger partial charge in [-0.05, 0) is 41.1 Å². The molecule has 0 amide bonds. The molecule has 106 valence electrons. The van der Waals surface area contributed by atoms with Crippen molar-refractivity contribution in [3.8, 4) is 11.4 Å². The maximum atomic E-state index is 11.6. The first-order chi connectivity index (χ1) is 10.7. The van der Waals surface area contributed by atoms with E-state index in [4.69, 9.17) is 0 Å². The van der Waals surface area contributed by atoms with E-state index in [0.29, 0.717) is 16.6 Å². The van der Waals surface area contributed by atoms with E-state index in [0.717, 1.165) is 16.5 Å². The van der Waals surface area contributed by atoms with Crippen molar-refractivity contribution in [1.82, 2.24) is 9.97 Å². The number of aromatic amines is 1. The number of aromatic carboxylic acids is 1. The molecule has 4 nitrogen and oxygen atoms in total. The molecule has 4 aromatic rings. The van der Waals surface area contributed by atoms with E-state index >= 15 is 0 Å². The Balaban J connectivity index is 2.10. The third-order valence-corrected chi connectivity index (χ3v) is 3.78. The molecule has 0 aliphatic carbocycles. The van der Waals surface area contributed by atoms with E-state index in [1.807, 2.05) is 48.5 Å². The summed E-state index contributed by atoms with van der Waals surface area (Å²) in [6, 6.07) is 17.0. The Labute approximate surface area is 126 Å². The summed E-state index contributed by atoms with van der Waals surface area (Å²) in [4.78, 5) is 19.3. The molecular formula is C18H12N2O2. The minimum absolute atomic E-state index is 0.264. The topological polar surface area (TPSA) is 66.0 Å². The van der Waals surface area contributed by atoms with Crippen LogP contribution in [-0.2, 0) is 0 Å². The highest BCUT2D eigenvalue weighted by molar-refractivity contribution is 6.08. The van der Waals surface area contributed by atoms with Crippen molar-refractivity contribution in [3.63, 3.8) is 0 Å². The van der Waals surface area contributed by atoms with Crippen molar-refractivity contribution >= 4 is 27.6 Å². The minimum atomic E-state index is -0.949. The van der Waals surface area contributed by atoms with Crippen molar-refractivity contribution in [2.24, 2.45) is 0 Å². The smallest absolute Gasteiger partial charge is 0.336 e. The predicted octanol–water partition coefficient (Wildman–Crippen LogP) is 4.08. The van der Waals surface area contributed by atoms with Gasteiger partial charge in [-0.2, -0.15) is 0 Å². The summed E-state index contributed by atoms with van der Waals surface area (Å²) in [6.45, 7) is 0. The molecule has 2 N–H and O–H groups in total. The van der Waals surface area contributed by atoms with Gasteiger partial charge in [-0.15, -0.1) is 0 Å². The Morgan fingerprint density at radius 2 is 1.77 bits per heavy atom.